The number of nitrogens with zero attached hydrogens (tertiary/aromatic N) is 1. The van der Waals surface area contributed by atoms with Crippen molar-refractivity contribution in [2.45, 2.75) is 25.7 Å². The summed E-state index contributed by atoms with van der Waals surface area (Å²) >= 11 is 1.60. The van der Waals surface area contributed by atoms with Crippen LogP contribution in [0.15, 0.2) is 60.1 Å². The van der Waals surface area contributed by atoms with Crippen molar-refractivity contribution in [3.8, 4) is 0 Å². The average molecular weight is 368 g/mol. The molecule has 0 radical (unpaired) electrons. The Morgan fingerprint density at radius 1 is 1.15 bits per heavy atom. The number of thiazole rings is 1. The first-order valence-corrected chi connectivity index (χ1v) is 9.48. The van der Waals surface area contributed by atoms with Gasteiger partial charge in [0.05, 0.1) is 11.2 Å². The molecule has 1 heterocycles. The highest BCUT2D eigenvalue weighted by atomic mass is 32.1. The summed E-state index contributed by atoms with van der Waals surface area (Å²) in [6.07, 6.45) is 0.977. The van der Waals surface area contributed by atoms with Crippen LogP contribution in [-0.2, 0) is 11.2 Å². The molecule has 0 bridgehead atoms. The van der Waals surface area contributed by atoms with Crippen LogP contribution >= 0.6 is 11.3 Å². The number of amides is 1. The first-order valence-electron chi connectivity index (χ1n) is 8.60. The zero-order chi connectivity index (χ0) is 18.4. The van der Waals surface area contributed by atoms with Crippen molar-refractivity contribution in [1.29, 1.82) is 0 Å². The molecule has 1 aromatic heterocycles. The molecular formula is C21H21FN2OS. The second-order valence-electron chi connectivity index (χ2n) is 6.15. The Kier molecular flexibility index (Phi) is 6.12. The molecule has 2 aromatic carbocycles. The van der Waals surface area contributed by atoms with Gasteiger partial charge in [-0.2, -0.15) is 0 Å². The van der Waals surface area contributed by atoms with E-state index >= 15 is 0 Å². The lowest BCUT2D eigenvalue weighted by Crippen LogP contribution is -2.27. The Balaban J connectivity index is 1.69. The molecule has 1 unspecified atom stereocenters. The van der Waals surface area contributed by atoms with Crippen LogP contribution in [0.2, 0.25) is 0 Å². The van der Waals surface area contributed by atoms with Gasteiger partial charge >= 0.3 is 0 Å². The van der Waals surface area contributed by atoms with Crippen molar-refractivity contribution in [2.75, 3.05) is 6.54 Å². The van der Waals surface area contributed by atoms with E-state index in [1.165, 1.54) is 10.9 Å². The fourth-order valence-corrected chi connectivity index (χ4v) is 3.77. The van der Waals surface area contributed by atoms with Gasteiger partial charge in [-0.15, -0.1) is 11.3 Å². The summed E-state index contributed by atoms with van der Waals surface area (Å²) in [5.74, 6) is -0.666. The van der Waals surface area contributed by atoms with Crippen LogP contribution in [0, 0.1) is 12.7 Å². The number of benzene rings is 2. The van der Waals surface area contributed by atoms with Crippen molar-refractivity contribution >= 4 is 17.2 Å². The van der Waals surface area contributed by atoms with E-state index in [9.17, 15) is 9.18 Å². The van der Waals surface area contributed by atoms with E-state index in [0.29, 0.717) is 12.1 Å². The first kappa shape index (κ1) is 18.3. The Labute approximate surface area is 156 Å². The van der Waals surface area contributed by atoms with Crippen LogP contribution in [-0.4, -0.2) is 17.4 Å². The molecule has 0 fully saturated rings. The molecule has 1 atom stereocenters. The lowest BCUT2D eigenvalue weighted by molar-refractivity contribution is -0.121. The van der Waals surface area contributed by atoms with Gasteiger partial charge in [0, 0.05) is 30.2 Å². The number of nitrogens with one attached hydrogen (secondary N) is 1. The number of aromatic nitrogens is 1. The zero-order valence-electron chi connectivity index (χ0n) is 14.6. The molecule has 0 saturated heterocycles. The zero-order valence-corrected chi connectivity index (χ0v) is 15.4. The van der Waals surface area contributed by atoms with Crippen molar-refractivity contribution in [1.82, 2.24) is 10.3 Å². The fourth-order valence-electron chi connectivity index (χ4n) is 2.99. The van der Waals surface area contributed by atoms with E-state index in [0.717, 1.165) is 17.7 Å². The molecule has 0 aliphatic carbocycles. The van der Waals surface area contributed by atoms with Gasteiger partial charge in [0.2, 0.25) is 5.91 Å². The highest BCUT2D eigenvalue weighted by Crippen LogP contribution is 2.29. The maximum Gasteiger partial charge on any atom is 0.220 e. The summed E-state index contributed by atoms with van der Waals surface area (Å²) in [6.45, 7) is 2.53. The van der Waals surface area contributed by atoms with Crippen LogP contribution in [0.25, 0.3) is 0 Å². The number of carbonyl (C=O) groups is 1. The molecule has 26 heavy (non-hydrogen) atoms. The van der Waals surface area contributed by atoms with Crippen molar-refractivity contribution < 1.29 is 9.18 Å². The Hall–Kier alpha value is -2.53. The van der Waals surface area contributed by atoms with E-state index in [1.807, 2.05) is 42.8 Å². The lowest BCUT2D eigenvalue weighted by atomic mass is 9.88. The highest BCUT2D eigenvalue weighted by Gasteiger charge is 2.21. The lowest BCUT2D eigenvalue weighted by Gasteiger charge is -2.18. The van der Waals surface area contributed by atoms with Gasteiger partial charge in [0.25, 0.3) is 0 Å². The SMILES string of the molecule is Cc1ncsc1CCNC(=O)CC(c1ccccc1)c1ccccc1F. The topological polar surface area (TPSA) is 42.0 Å². The molecule has 0 saturated carbocycles. The Bertz CT molecular complexity index is 863. The van der Waals surface area contributed by atoms with Gasteiger partial charge in [0.1, 0.15) is 5.82 Å². The van der Waals surface area contributed by atoms with E-state index in [4.69, 9.17) is 0 Å². The first-order chi connectivity index (χ1) is 12.6. The maximum atomic E-state index is 14.3. The minimum Gasteiger partial charge on any atom is -0.356 e. The second-order valence-corrected chi connectivity index (χ2v) is 7.09. The van der Waals surface area contributed by atoms with Crippen molar-refractivity contribution in [2.24, 2.45) is 0 Å². The Morgan fingerprint density at radius 2 is 1.88 bits per heavy atom. The van der Waals surface area contributed by atoms with Gasteiger partial charge in [-0.3, -0.25) is 4.79 Å². The van der Waals surface area contributed by atoms with Crippen LogP contribution < -0.4 is 5.32 Å². The summed E-state index contributed by atoms with van der Waals surface area (Å²) in [4.78, 5) is 17.9. The van der Waals surface area contributed by atoms with Crippen molar-refractivity contribution in [3.05, 3.63) is 87.6 Å². The quantitative estimate of drug-likeness (QED) is 0.668. The molecule has 0 spiro atoms. The van der Waals surface area contributed by atoms with Gasteiger partial charge in [0.15, 0.2) is 0 Å². The molecule has 0 aliphatic rings. The molecule has 3 rings (SSSR count). The van der Waals surface area contributed by atoms with Gasteiger partial charge < -0.3 is 5.32 Å². The minimum absolute atomic E-state index is 0.0794. The number of rotatable bonds is 7. The molecular weight excluding hydrogens is 347 g/mol. The van der Waals surface area contributed by atoms with E-state index < -0.39 is 0 Å². The second kappa shape index (κ2) is 8.72. The largest absolute Gasteiger partial charge is 0.356 e. The third-order valence-electron chi connectivity index (χ3n) is 4.39. The summed E-state index contributed by atoms with van der Waals surface area (Å²) in [5.41, 5.74) is 4.31. The van der Waals surface area contributed by atoms with Crippen LogP contribution in [0.5, 0.6) is 0 Å². The molecule has 3 aromatic rings. The summed E-state index contributed by atoms with van der Waals surface area (Å²) in [5, 5.41) is 2.96. The van der Waals surface area contributed by atoms with Crippen LogP contribution in [0.4, 0.5) is 4.39 Å². The van der Waals surface area contributed by atoms with E-state index in [2.05, 4.69) is 10.3 Å². The van der Waals surface area contributed by atoms with Gasteiger partial charge in [-0.25, -0.2) is 9.37 Å². The summed E-state index contributed by atoms with van der Waals surface area (Å²) in [6, 6.07) is 16.3. The number of carbonyl (C=O) groups excluding carboxylic acids is 1. The predicted octanol–water partition coefficient (Wildman–Crippen LogP) is 4.47. The molecule has 3 nitrogen and oxygen atoms in total. The molecule has 5 heteroatoms. The number of halogens is 1. The summed E-state index contributed by atoms with van der Waals surface area (Å²) in [7, 11) is 0. The monoisotopic (exact) mass is 368 g/mol. The molecule has 0 aliphatic heterocycles. The van der Waals surface area contributed by atoms with Crippen LogP contribution in [0.1, 0.15) is 34.0 Å². The molecule has 1 N–H and O–H groups in total. The fraction of sp³-hybridized carbons (Fsp3) is 0.238. The minimum atomic E-state index is -0.303. The standard InChI is InChI=1S/C21H21FN2OS/c1-15-20(26-14-24-15)11-12-23-21(25)13-18(16-7-3-2-4-8-16)17-9-5-6-10-19(17)22/h2-10,14,18H,11-13H2,1H3,(H,23,25). The number of aryl methyl sites for hydroxylation is 1. The van der Waals surface area contributed by atoms with Gasteiger partial charge in [-0.05, 0) is 24.1 Å². The Morgan fingerprint density at radius 3 is 2.58 bits per heavy atom. The maximum absolute atomic E-state index is 14.3. The van der Waals surface area contributed by atoms with E-state index in [-0.39, 0.29) is 24.1 Å². The third kappa shape index (κ3) is 4.55. The number of hydrogen-bond donors (Lipinski definition) is 1. The average Bonchev–Trinajstić information content (AvgIpc) is 3.06. The highest BCUT2D eigenvalue weighted by molar-refractivity contribution is 7.09. The third-order valence-corrected chi connectivity index (χ3v) is 5.39. The smallest absolute Gasteiger partial charge is 0.220 e. The van der Waals surface area contributed by atoms with E-state index in [1.54, 1.807) is 29.5 Å². The predicted molar refractivity (Wildman–Crippen MR) is 103 cm³/mol. The molecule has 1 amide bonds. The normalized spacial score (nSPS) is 11.9. The summed E-state index contributed by atoms with van der Waals surface area (Å²) < 4.78 is 14.3. The van der Waals surface area contributed by atoms with Crippen molar-refractivity contribution in [3.63, 3.8) is 0 Å². The van der Waals surface area contributed by atoms with Crippen LogP contribution in [0.3, 0.4) is 0 Å². The molecule has 134 valence electrons. The van der Waals surface area contributed by atoms with Gasteiger partial charge in [-0.1, -0.05) is 48.5 Å². The number of hydrogen-bond acceptors (Lipinski definition) is 3.